The zero-order valence-electron chi connectivity index (χ0n) is 10.5. The Hall–Kier alpha value is -1.67. The molecule has 0 saturated heterocycles. The molecular formula is C16H17FO. The molecule has 0 aromatic heterocycles. The fourth-order valence-electron chi connectivity index (χ4n) is 1.90. The fraction of sp³-hybridized carbons (Fsp3) is 0.250. The predicted molar refractivity (Wildman–Crippen MR) is 70.7 cm³/mol. The molecule has 0 fully saturated rings. The van der Waals surface area contributed by atoms with Gasteiger partial charge in [-0.2, -0.15) is 0 Å². The highest BCUT2D eigenvalue weighted by atomic mass is 19.1. The minimum absolute atomic E-state index is 0.0193. The van der Waals surface area contributed by atoms with Crippen molar-refractivity contribution in [1.29, 1.82) is 0 Å². The maximum Gasteiger partial charge on any atom is 0.123 e. The zero-order valence-corrected chi connectivity index (χ0v) is 10.5. The van der Waals surface area contributed by atoms with Crippen LogP contribution in [0.15, 0.2) is 54.6 Å². The van der Waals surface area contributed by atoms with E-state index in [2.05, 4.69) is 6.92 Å². The van der Waals surface area contributed by atoms with Crippen LogP contribution in [-0.4, -0.2) is 0 Å². The summed E-state index contributed by atoms with van der Waals surface area (Å²) in [6, 6.07) is 16.6. The largest absolute Gasteiger partial charge is 0.369 e. The Bertz CT molecular complexity index is 464. The third kappa shape index (κ3) is 3.41. The molecule has 0 unspecified atom stereocenters. The highest BCUT2D eigenvalue weighted by Crippen LogP contribution is 2.22. The molecule has 0 radical (unpaired) electrons. The summed E-state index contributed by atoms with van der Waals surface area (Å²) in [5, 5.41) is 0. The van der Waals surface area contributed by atoms with Crippen LogP contribution in [0.5, 0.6) is 0 Å². The minimum atomic E-state index is -0.211. The van der Waals surface area contributed by atoms with Gasteiger partial charge in [-0.05, 0) is 29.7 Å². The summed E-state index contributed by atoms with van der Waals surface area (Å²) in [7, 11) is 0. The van der Waals surface area contributed by atoms with Crippen LogP contribution < -0.4 is 0 Å². The second-order valence-corrected chi connectivity index (χ2v) is 4.25. The van der Waals surface area contributed by atoms with E-state index >= 15 is 0 Å². The summed E-state index contributed by atoms with van der Waals surface area (Å²) < 4.78 is 18.7. The third-order valence-electron chi connectivity index (χ3n) is 2.91. The van der Waals surface area contributed by atoms with E-state index in [0.717, 1.165) is 17.5 Å². The molecule has 0 amide bonds. The molecule has 2 aromatic rings. The lowest BCUT2D eigenvalue weighted by Gasteiger charge is -2.16. The van der Waals surface area contributed by atoms with Gasteiger partial charge in [0.25, 0.3) is 0 Å². The molecule has 18 heavy (non-hydrogen) atoms. The summed E-state index contributed by atoms with van der Waals surface area (Å²) in [6.45, 7) is 2.65. The van der Waals surface area contributed by atoms with Gasteiger partial charge < -0.3 is 4.74 Å². The molecule has 1 atom stereocenters. The van der Waals surface area contributed by atoms with Crippen molar-refractivity contribution in [1.82, 2.24) is 0 Å². The summed E-state index contributed by atoms with van der Waals surface area (Å²) in [5.41, 5.74) is 2.17. The Balaban J connectivity index is 1.99. The predicted octanol–water partition coefficient (Wildman–Crippen LogP) is 4.49. The van der Waals surface area contributed by atoms with E-state index in [4.69, 9.17) is 4.74 Å². The molecule has 2 heteroatoms. The standard InChI is InChI=1S/C16H17FO/c1-2-16(14-8-10-15(17)11-9-14)18-12-13-6-4-3-5-7-13/h3-11,16H,2,12H2,1H3/t16-/m0/s1. The summed E-state index contributed by atoms with van der Waals surface area (Å²) in [5.74, 6) is -0.211. The van der Waals surface area contributed by atoms with Crippen LogP contribution in [0.25, 0.3) is 0 Å². The zero-order chi connectivity index (χ0) is 12.8. The first-order valence-corrected chi connectivity index (χ1v) is 6.20. The van der Waals surface area contributed by atoms with Crippen LogP contribution in [0, 0.1) is 5.82 Å². The topological polar surface area (TPSA) is 9.23 Å². The molecule has 0 aliphatic heterocycles. The highest BCUT2D eigenvalue weighted by molar-refractivity contribution is 5.19. The van der Waals surface area contributed by atoms with E-state index in [9.17, 15) is 4.39 Å². The van der Waals surface area contributed by atoms with E-state index in [-0.39, 0.29) is 11.9 Å². The van der Waals surface area contributed by atoms with Gasteiger partial charge in [0.2, 0.25) is 0 Å². The highest BCUT2D eigenvalue weighted by Gasteiger charge is 2.09. The molecule has 0 spiro atoms. The number of hydrogen-bond acceptors (Lipinski definition) is 1. The molecule has 0 saturated carbocycles. The van der Waals surface area contributed by atoms with Crippen molar-refractivity contribution < 1.29 is 9.13 Å². The van der Waals surface area contributed by atoms with Crippen LogP contribution in [0.3, 0.4) is 0 Å². The van der Waals surface area contributed by atoms with Gasteiger partial charge in [-0.3, -0.25) is 0 Å². The number of ether oxygens (including phenoxy) is 1. The average molecular weight is 244 g/mol. The lowest BCUT2D eigenvalue weighted by Crippen LogP contribution is -2.03. The second kappa shape index (κ2) is 6.31. The van der Waals surface area contributed by atoms with Gasteiger partial charge in [0.1, 0.15) is 5.82 Å². The first-order valence-electron chi connectivity index (χ1n) is 6.20. The van der Waals surface area contributed by atoms with Crippen molar-refractivity contribution >= 4 is 0 Å². The Morgan fingerprint density at radius 1 is 1.00 bits per heavy atom. The van der Waals surface area contributed by atoms with E-state index in [1.807, 2.05) is 30.3 Å². The number of halogens is 1. The van der Waals surface area contributed by atoms with Crippen LogP contribution in [0.4, 0.5) is 4.39 Å². The van der Waals surface area contributed by atoms with Gasteiger partial charge in [-0.25, -0.2) is 4.39 Å². The lowest BCUT2D eigenvalue weighted by atomic mass is 10.1. The maximum absolute atomic E-state index is 12.9. The number of benzene rings is 2. The molecule has 94 valence electrons. The first kappa shape index (κ1) is 12.8. The number of rotatable bonds is 5. The van der Waals surface area contributed by atoms with Crippen LogP contribution in [0.1, 0.15) is 30.6 Å². The molecule has 2 rings (SSSR count). The Labute approximate surface area is 107 Å². The molecule has 0 aliphatic rings. The molecular weight excluding hydrogens is 227 g/mol. The average Bonchev–Trinajstić information content (AvgIpc) is 2.42. The van der Waals surface area contributed by atoms with Gasteiger partial charge >= 0.3 is 0 Å². The summed E-state index contributed by atoms with van der Waals surface area (Å²) in [6.07, 6.45) is 0.893. The number of hydrogen-bond donors (Lipinski definition) is 0. The Morgan fingerprint density at radius 2 is 1.67 bits per heavy atom. The molecule has 0 heterocycles. The molecule has 0 N–H and O–H groups in total. The van der Waals surface area contributed by atoms with Crippen LogP contribution >= 0.6 is 0 Å². The smallest absolute Gasteiger partial charge is 0.123 e. The van der Waals surface area contributed by atoms with Gasteiger partial charge in [0.15, 0.2) is 0 Å². The minimum Gasteiger partial charge on any atom is -0.369 e. The lowest BCUT2D eigenvalue weighted by molar-refractivity contribution is 0.0371. The van der Waals surface area contributed by atoms with Crippen molar-refractivity contribution in [3.05, 3.63) is 71.5 Å². The van der Waals surface area contributed by atoms with Crippen molar-refractivity contribution in [3.8, 4) is 0 Å². The van der Waals surface area contributed by atoms with Gasteiger partial charge in [0.05, 0.1) is 12.7 Å². The van der Waals surface area contributed by atoms with E-state index in [0.29, 0.717) is 6.61 Å². The third-order valence-corrected chi connectivity index (χ3v) is 2.91. The van der Waals surface area contributed by atoms with E-state index in [1.165, 1.54) is 12.1 Å². The molecule has 0 bridgehead atoms. The van der Waals surface area contributed by atoms with Crippen molar-refractivity contribution in [2.45, 2.75) is 26.1 Å². The molecule has 1 nitrogen and oxygen atoms in total. The van der Waals surface area contributed by atoms with Crippen molar-refractivity contribution in [2.75, 3.05) is 0 Å². The first-order chi connectivity index (χ1) is 8.79. The van der Waals surface area contributed by atoms with Crippen LogP contribution in [-0.2, 0) is 11.3 Å². The van der Waals surface area contributed by atoms with Gasteiger partial charge in [-0.15, -0.1) is 0 Å². The SMILES string of the molecule is CC[C@H](OCc1ccccc1)c1ccc(F)cc1. The monoisotopic (exact) mass is 244 g/mol. The van der Waals surface area contributed by atoms with Gasteiger partial charge in [0, 0.05) is 0 Å². The van der Waals surface area contributed by atoms with E-state index < -0.39 is 0 Å². The summed E-state index contributed by atoms with van der Waals surface area (Å²) >= 11 is 0. The Kier molecular flexibility index (Phi) is 4.48. The quantitative estimate of drug-likeness (QED) is 0.752. The molecule has 2 aromatic carbocycles. The van der Waals surface area contributed by atoms with E-state index in [1.54, 1.807) is 12.1 Å². The normalized spacial score (nSPS) is 12.3. The van der Waals surface area contributed by atoms with Crippen molar-refractivity contribution in [3.63, 3.8) is 0 Å². The van der Waals surface area contributed by atoms with Gasteiger partial charge in [-0.1, -0.05) is 49.4 Å². The van der Waals surface area contributed by atoms with Crippen LogP contribution in [0.2, 0.25) is 0 Å². The maximum atomic E-state index is 12.9. The summed E-state index contributed by atoms with van der Waals surface area (Å²) in [4.78, 5) is 0. The Morgan fingerprint density at radius 3 is 2.28 bits per heavy atom. The fourth-order valence-corrected chi connectivity index (χ4v) is 1.90. The second-order valence-electron chi connectivity index (χ2n) is 4.25. The van der Waals surface area contributed by atoms with Crippen molar-refractivity contribution in [2.24, 2.45) is 0 Å². The molecule has 0 aliphatic carbocycles.